The highest BCUT2D eigenvalue weighted by Gasteiger charge is 2.22. The van der Waals surface area contributed by atoms with Gasteiger partial charge in [0.25, 0.3) is 0 Å². The van der Waals surface area contributed by atoms with Crippen molar-refractivity contribution in [3.8, 4) is 22.3 Å². The smallest absolute Gasteiger partial charge is 0.000137 e. The molecule has 0 unspecified atom stereocenters. The average Bonchev–Trinajstić information content (AvgIpc) is 2.85. The number of rotatable bonds is 0. The summed E-state index contributed by atoms with van der Waals surface area (Å²) in [5.41, 5.74) is 5.15. The first-order valence-corrected chi connectivity index (χ1v) is 6.81. The molecule has 0 nitrogen and oxygen atoms in total. The second kappa shape index (κ2) is 3.49. The molecule has 1 aliphatic carbocycles. The van der Waals surface area contributed by atoms with Crippen molar-refractivity contribution in [2.75, 3.05) is 0 Å². The maximum atomic E-state index is 3.34. The lowest BCUT2D eigenvalue weighted by Crippen LogP contribution is -1.80. The first kappa shape index (κ1) is 10.2. The fraction of sp³-hybridized carbons (Fsp3) is 0. The minimum absolute atomic E-state index is 1.20. The molecule has 0 bridgehead atoms. The molecule has 2 radical (unpaired) electrons. The zero-order valence-electron chi connectivity index (χ0n) is 10.8. The van der Waals surface area contributed by atoms with E-state index >= 15 is 0 Å². The maximum absolute atomic E-state index is 3.34. The summed E-state index contributed by atoms with van der Waals surface area (Å²) in [6.45, 7) is 0. The van der Waals surface area contributed by atoms with Crippen LogP contribution >= 0.6 is 0 Å². The predicted molar refractivity (Wildman–Crippen MR) is 83.6 cm³/mol. The van der Waals surface area contributed by atoms with Gasteiger partial charge in [-0.25, -0.2) is 0 Å². The summed E-state index contributed by atoms with van der Waals surface area (Å²) >= 11 is 0. The van der Waals surface area contributed by atoms with Gasteiger partial charge in [0.1, 0.15) is 0 Å². The van der Waals surface area contributed by atoms with Gasteiger partial charge >= 0.3 is 0 Å². The molecular formula is C20H10. The van der Waals surface area contributed by atoms with Crippen LogP contribution in [-0.4, -0.2) is 0 Å². The van der Waals surface area contributed by atoms with Crippen molar-refractivity contribution in [2.24, 2.45) is 0 Å². The zero-order valence-corrected chi connectivity index (χ0v) is 10.8. The molecule has 4 aromatic carbocycles. The Kier molecular flexibility index (Phi) is 1.78. The van der Waals surface area contributed by atoms with E-state index < -0.39 is 0 Å². The number of hydrogen-bond donors (Lipinski definition) is 0. The Bertz CT molecular complexity index is 988. The second-order valence-corrected chi connectivity index (χ2v) is 5.27. The zero-order chi connectivity index (χ0) is 13.1. The van der Waals surface area contributed by atoms with Crippen LogP contribution in [0.5, 0.6) is 0 Å². The molecule has 0 spiro atoms. The van der Waals surface area contributed by atoms with Crippen LogP contribution in [0.25, 0.3) is 43.8 Å². The summed E-state index contributed by atoms with van der Waals surface area (Å²) in [6.07, 6.45) is 0. The Hall–Kier alpha value is -2.60. The standard InChI is InChI=1S/C20H10/c1-2-8-15-13(5-1)11-12-17-16-9-3-6-14-7-4-10-18(19(14)16)20(15)17/h1-3,5-9,11-12H. The van der Waals surface area contributed by atoms with Gasteiger partial charge in [-0.1, -0.05) is 54.6 Å². The SMILES string of the molecule is [c]1[c]c2c3c(cccc3c1)-c1ccc3ccccc3c1-2. The Morgan fingerprint density at radius 2 is 1.60 bits per heavy atom. The van der Waals surface area contributed by atoms with E-state index in [9.17, 15) is 0 Å². The minimum atomic E-state index is 1.20. The molecule has 0 atom stereocenters. The van der Waals surface area contributed by atoms with Crippen LogP contribution < -0.4 is 0 Å². The number of benzene rings is 4. The summed E-state index contributed by atoms with van der Waals surface area (Å²) in [6, 6.07) is 28.0. The Morgan fingerprint density at radius 3 is 2.60 bits per heavy atom. The third-order valence-corrected chi connectivity index (χ3v) is 4.24. The fourth-order valence-corrected chi connectivity index (χ4v) is 3.40. The molecule has 4 aromatic rings. The summed E-state index contributed by atoms with van der Waals surface area (Å²) in [7, 11) is 0. The lowest BCUT2D eigenvalue weighted by molar-refractivity contribution is 1.72. The van der Waals surface area contributed by atoms with Crippen molar-refractivity contribution >= 4 is 21.5 Å². The fourth-order valence-electron chi connectivity index (χ4n) is 3.40. The summed E-state index contributed by atoms with van der Waals surface area (Å²) in [5, 5.41) is 5.15. The highest BCUT2D eigenvalue weighted by Crippen LogP contribution is 2.49. The van der Waals surface area contributed by atoms with Crippen LogP contribution in [0.2, 0.25) is 0 Å². The average molecular weight is 250 g/mol. The van der Waals surface area contributed by atoms with E-state index in [0.717, 1.165) is 0 Å². The van der Waals surface area contributed by atoms with Crippen molar-refractivity contribution < 1.29 is 0 Å². The molecule has 90 valence electrons. The first-order chi connectivity index (χ1) is 9.93. The normalized spacial score (nSPS) is 12.0. The molecule has 0 saturated heterocycles. The quantitative estimate of drug-likeness (QED) is 0.352. The molecule has 0 aromatic heterocycles. The van der Waals surface area contributed by atoms with Crippen molar-refractivity contribution in [3.63, 3.8) is 0 Å². The molecule has 20 heavy (non-hydrogen) atoms. The van der Waals surface area contributed by atoms with Crippen LogP contribution in [0.4, 0.5) is 0 Å². The molecule has 1 aliphatic rings. The minimum Gasteiger partial charge on any atom is -0.0616 e. The van der Waals surface area contributed by atoms with E-state index in [4.69, 9.17) is 0 Å². The van der Waals surface area contributed by atoms with Gasteiger partial charge in [0.2, 0.25) is 0 Å². The van der Waals surface area contributed by atoms with Gasteiger partial charge < -0.3 is 0 Å². The summed E-state index contributed by atoms with van der Waals surface area (Å²) in [5.74, 6) is 0. The lowest BCUT2D eigenvalue weighted by atomic mass is 9.97. The maximum Gasteiger partial charge on any atom is -0.000137 e. The third kappa shape index (κ3) is 1.12. The van der Waals surface area contributed by atoms with Crippen molar-refractivity contribution in [1.29, 1.82) is 0 Å². The highest BCUT2D eigenvalue weighted by molar-refractivity contribution is 6.20. The van der Waals surface area contributed by atoms with Gasteiger partial charge in [-0.3, -0.25) is 0 Å². The molecule has 5 rings (SSSR count). The molecule has 0 amide bonds. The van der Waals surface area contributed by atoms with Gasteiger partial charge in [0.05, 0.1) is 0 Å². The number of fused-ring (bicyclic) bond motifs is 5. The Labute approximate surface area is 117 Å². The van der Waals surface area contributed by atoms with Gasteiger partial charge in [0, 0.05) is 0 Å². The summed E-state index contributed by atoms with van der Waals surface area (Å²) < 4.78 is 0. The van der Waals surface area contributed by atoms with Crippen molar-refractivity contribution in [2.45, 2.75) is 0 Å². The van der Waals surface area contributed by atoms with Gasteiger partial charge in [0.15, 0.2) is 0 Å². The Morgan fingerprint density at radius 1 is 0.700 bits per heavy atom. The molecule has 0 fully saturated rings. The van der Waals surface area contributed by atoms with Crippen molar-refractivity contribution in [1.82, 2.24) is 0 Å². The molecular weight excluding hydrogens is 240 g/mol. The van der Waals surface area contributed by atoms with Gasteiger partial charge in [-0.05, 0) is 62.0 Å². The van der Waals surface area contributed by atoms with Crippen LogP contribution in [0.1, 0.15) is 0 Å². The lowest BCUT2D eigenvalue weighted by Gasteiger charge is -2.06. The molecule has 0 saturated carbocycles. The summed E-state index contributed by atoms with van der Waals surface area (Å²) in [4.78, 5) is 0. The largest absolute Gasteiger partial charge is 0.0616 e. The van der Waals surface area contributed by atoms with E-state index in [-0.39, 0.29) is 0 Å². The molecule has 0 heterocycles. The second-order valence-electron chi connectivity index (χ2n) is 5.27. The third-order valence-electron chi connectivity index (χ3n) is 4.24. The van der Waals surface area contributed by atoms with E-state index in [1.165, 1.54) is 43.8 Å². The monoisotopic (exact) mass is 250 g/mol. The number of hydrogen-bond acceptors (Lipinski definition) is 0. The topological polar surface area (TPSA) is 0 Å². The van der Waals surface area contributed by atoms with Crippen LogP contribution in [0.3, 0.4) is 0 Å². The molecule has 0 N–H and O–H groups in total. The van der Waals surface area contributed by atoms with Crippen LogP contribution in [-0.2, 0) is 0 Å². The van der Waals surface area contributed by atoms with Crippen molar-refractivity contribution in [3.05, 3.63) is 72.8 Å². The van der Waals surface area contributed by atoms with Gasteiger partial charge in [-0.2, -0.15) is 0 Å². The van der Waals surface area contributed by atoms with Crippen LogP contribution in [0, 0.1) is 12.1 Å². The van der Waals surface area contributed by atoms with Crippen LogP contribution in [0.15, 0.2) is 60.7 Å². The Balaban J connectivity index is 2.08. The van der Waals surface area contributed by atoms with E-state index in [2.05, 4.69) is 66.7 Å². The van der Waals surface area contributed by atoms with Gasteiger partial charge in [-0.15, -0.1) is 0 Å². The van der Waals surface area contributed by atoms with E-state index in [0.29, 0.717) is 0 Å². The molecule has 0 heteroatoms. The van der Waals surface area contributed by atoms with E-state index in [1.54, 1.807) is 0 Å². The first-order valence-electron chi connectivity index (χ1n) is 6.81. The highest BCUT2D eigenvalue weighted by atomic mass is 14.2. The molecule has 0 aliphatic heterocycles. The predicted octanol–water partition coefficient (Wildman–Crippen LogP) is 5.24. The van der Waals surface area contributed by atoms with E-state index in [1.807, 2.05) is 6.07 Å².